The van der Waals surface area contributed by atoms with Crippen molar-refractivity contribution in [2.45, 2.75) is 6.92 Å². The third-order valence-corrected chi connectivity index (χ3v) is 5.07. The molecule has 0 atom stereocenters. The van der Waals surface area contributed by atoms with Crippen LogP contribution in [0.1, 0.15) is 31.8 Å². The second kappa shape index (κ2) is 11.8. The van der Waals surface area contributed by atoms with Crippen molar-refractivity contribution in [2.24, 2.45) is 5.10 Å². The van der Waals surface area contributed by atoms with Crippen molar-refractivity contribution >= 4 is 39.9 Å². The summed E-state index contributed by atoms with van der Waals surface area (Å²) in [6, 6.07) is 18.7. The molecule has 0 fully saturated rings. The van der Waals surface area contributed by atoms with Gasteiger partial charge in [-0.25, -0.2) is 10.2 Å². The van der Waals surface area contributed by atoms with Crippen LogP contribution in [0.3, 0.4) is 0 Å². The first-order valence-electron chi connectivity index (χ1n) is 10.2. The Labute approximate surface area is 205 Å². The van der Waals surface area contributed by atoms with Crippen LogP contribution in [0.15, 0.2) is 76.3 Å². The lowest BCUT2D eigenvalue weighted by Gasteiger charge is -2.10. The Morgan fingerprint density at radius 2 is 1.74 bits per heavy atom. The van der Waals surface area contributed by atoms with Gasteiger partial charge >= 0.3 is 5.97 Å². The highest BCUT2D eigenvalue weighted by Gasteiger charge is 2.13. The highest BCUT2D eigenvalue weighted by atomic mass is 79.9. The minimum Gasteiger partial charge on any atom is -0.493 e. The molecule has 0 unspecified atom stereocenters. The number of nitrogens with one attached hydrogen (secondary N) is 2. The van der Waals surface area contributed by atoms with E-state index in [1.165, 1.54) is 13.3 Å². The van der Waals surface area contributed by atoms with Gasteiger partial charge in [0, 0.05) is 10.0 Å². The van der Waals surface area contributed by atoms with Gasteiger partial charge in [0.1, 0.15) is 0 Å². The van der Waals surface area contributed by atoms with E-state index in [4.69, 9.17) is 9.47 Å². The monoisotopic (exact) mass is 523 g/mol. The molecule has 0 aliphatic carbocycles. The van der Waals surface area contributed by atoms with Gasteiger partial charge in [-0.2, -0.15) is 5.10 Å². The number of benzene rings is 3. The molecule has 3 rings (SSSR count). The van der Waals surface area contributed by atoms with Gasteiger partial charge in [-0.3, -0.25) is 9.59 Å². The lowest BCUT2D eigenvalue weighted by atomic mass is 10.1. The number of carbonyl (C=O) groups is 3. The van der Waals surface area contributed by atoms with Crippen molar-refractivity contribution in [3.8, 4) is 11.5 Å². The highest BCUT2D eigenvalue weighted by molar-refractivity contribution is 9.10. The molecule has 0 aliphatic heterocycles. The van der Waals surface area contributed by atoms with Gasteiger partial charge in [0.15, 0.2) is 11.5 Å². The maximum absolute atomic E-state index is 12.4. The van der Waals surface area contributed by atoms with E-state index in [1.807, 2.05) is 25.1 Å². The normalized spacial score (nSPS) is 10.6. The van der Waals surface area contributed by atoms with E-state index >= 15 is 0 Å². The Balaban J connectivity index is 1.54. The van der Waals surface area contributed by atoms with E-state index in [1.54, 1.807) is 48.5 Å². The highest BCUT2D eigenvalue weighted by Crippen LogP contribution is 2.28. The molecule has 2 N–H and O–H groups in total. The first-order valence-corrected chi connectivity index (χ1v) is 11.0. The summed E-state index contributed by atoms with van der Waals surface area (Å²) < 4.78 is 11.5. The number of methoxy groups -OCH3 is 1. The average Bonchev–Trinajstić information content (AvgIpc) is 2.83. The minimum absolute atomic E-state index is 0.224. The van der Waals surface area contributed by atoms with Crippen molar-refractivity contribution in [2.75, 3.05) is 13.7 Å². The van der Waals surface area contributed by atoms with Crippen LogP contribution in [0.2, 0.25) is 0 Å². The van der Waals surface area contributed by atoms with E-state index in [0.29, 0.717) is 22.4 Å². The fourth-order valence-electron chi connectivity index (χ4n) is 2.81. The predicted octanol–water partition coefficient (Wildman–Crippen LogP) is 3.87. The number of hydrogen-bond acceptors (Lipinski definition) is 6. The molecule has 0 heterocycles. The average molecular weight is 524 g/mol. The number of ether oxygens (including phenoxy) is 2. The topological polar surface area (TPSA) is 106 Å². The summed E-state index contributed by atoms with van der Waals surface area (Å²) in [6.45, 7) is 1.70. The molecule has 8 nitrogen and oxygen atoms in total. The summed E-state index contributed by atoms with van der Waals surface area (Å²) in [5.74, 6) is -0.794. The Hall–Kier alpha value is -3.98. The SMILES string of the molecule is COc1cc(C=NNC(=O)CNC(=O)c2ccc(C)cc2)ccc1OC(=O)c1cccc(Br)c1. The summed E-state index contributed by atoms with van der Waals surface area (Å²) in [5, 5.41) is 6.41. The zero-order valence-electron chi connectivity index (χ0n) is 18.5. The van der Waals surface area contributed by atoms with Crippen LogP contribution in [0.4, 0.5) is 0 Å². The van der Waals surface area contributed by atoms with Gasteiger partial charge in [-0.05, 0) is 61.0 Å². The molecular formula is C25H22BrN3O5. The molecule has 0 aromatic heterocycles. The summed E-state index contributed by atoms with van der Waals surface area (Å²) >= 11 is 3.32. The standard InChI is InChI=1S/C25H22BrN3O5/c1-16-6-9-18(10-7-16)24(31)27-15-23(30)29-28-14-17-8-11-21(22(12-17)33-2)34-25(32)19-4-3-5-20(26)13-19/h3-14H,15H2,1-2H3,(H,27,31)(H,29,30). The maximum atomic E-state index is 12.4. The Morgan fingerprint density at radius 1 is 0.971 bits per heavy atom. The van der Waals surface area contributed by atoms with Crippen LogP contribution in [-0.2, 0) is 4.79 Å². The molecule has 34 heavy (non-hydrogen) atoms. The van der Waals surface area contributed by atoms with Crippen LogP contribution >= 0.6 is 15.9 Å². The second-order valence-corrected chi connectivity index (χ2v) is 8.07. The molecule has 0 radical (unpaired) electrons. The Morgan fingerprint density at radius 3 is 2.44 bits per heavy atom. The van der Waals surface area contributed by atoms with E-state index in [2.05, 4.69) is 31.8 Å². The molecule has 3 aromatic carbocycles. The van der Waals surface area contributed by atoms with E-state index in [0.717, 1.165) is 10.0 Å². The molecule has 3 aromatic rings. The fraction of sp³-hybridized carbons (Fsp3) is 0.120. The number of hydrogen-bond donors (Lipinski definition) is 2. The van der Waals surface area contributed by atoms with Crippen molar-refractivity contribution < 1.29 is 23.9 Å². The predicted molar refractivity (Wildman–Crippen MR) is 131 cm³/mol. The van der Waals surface area contributed by atoms with Gasteiger partial charge in [0.05, 0.1) is 25.4 Å². The summed E-state index contributed by atoms with van der Waals surface area (Å²) in [6.07, 6.45) is 1.40. The number of carbonyl (C=O) groups excluding carboxylic acids is 3. The van der Waals surface area contributed by atoms with Crippen LogP contribution in [0.5, 0.6) is 11.5 Å². The maximum Gasteiger partial charge on any atom is 0.343 e. The summed E-state index contributed by atoms with van der Waals surface area (Å²) in [4.78, 5) is 36.4. The quantitative estimate of drug-likeness (QED) is 0.202. The number of halogens is 1. The zero-order valence-corrected chi connectivity index (χ0v) is 20.1. The first kappa shape index (κ1) is 24.7. The molecule has 2 amide bonds. The van der Waals surface area contributed by atoms with E-state index in [9.17, 15) is 14.4 Å². The van der Waals surface area contributed by atoms with Gasteiger partial charge in [-0.15, -0.1) is 0 Å². The van der Waals surface area contributed by atoms with Crippen LogP contribution in [0.25, 0.3) is 0 Å². The third-order valence-electron chi connectivity index (χ3n) is 4.58. The molecule has 0 aliphatic rings. The molecule has 174 valence electrons. The number of aryl methyl sites for hydroxylation is 1. The molecule has 0 saturated heterocycles. The van der Waals surface area contributed by atoms with Gasteiger partial charge in [-0.1, -0.05) is 39.7 Å². The van der Waals surface area contributed by atoms with E-state index in [-0.39, 0.29) is 18.2 Å². The smallest absolute Gasteiger partial charge is 0.343 e. The van der Waals surface area contributed by atoms with Crippen LogP contribution in [-0.4, -0.2) is 37.7 Å². The molecule has 0 saturated carbocycles. The summed E-state index contributed by atoms with van der Waals surface area (Å²) in [7, 11) is 1.45. The fourth-order valence-corrected chi connectivity index (χ4v) is 3.21. The van der Waals surface area contributed by atoms with Crippen LogP contribution < -0.4 is 20.2 Å². The number of nitrogens with zero attached hydrogens (tertiary/aromatic N) is 1. The molecule has 0 spiro atoms. The lowest BCUT2D eigenvalue weighted by Crippen LogP contribution is -2.34. The lowest BCUT2D eigenvalue weighted by molar-refractivity contribution is -0.120. The largest absolute Gasteiger partial charge is 0.493 e. The summed E-state index contributed by atoms with van der Waals surface area (Å²) in [5.41, 5.74) is 4.84. The van der Waals surface area contributed by atoms with Crippen molar-refractivity contribution in [3.05, 3.63) is 93.5 Å². The van der Waals surface area contributed by atoms with Gasteiger partial charge < -0.3 is 14.8 Å². The van der Waals surface area contributed by atoms with Crippen molar-refractivity contribution in [1.82, 2.24) is 10.7 Å². The third kappa shape index (κ3) is 7.01. The number of esters is 1. The van der Waals surface area contributed by atoms with Gasteiger partial charge in [0.25, 0.3) is 11.8 Å². The Bertz CT molecular complexity index is 1230. The van der Waals surface area contributed by atoms with Crippen molar-refractivity contribution in [3.63, 3.8) is 0 Å². The number of amides is 2. The Kier molecular flexibility index (Phi) is 8.53. The number of rotatable bonds is 8. The van der Waals surface area contributed by atoms with E-state index < -0.39 is 11.9 Å². The minimum atomic E-state index is -0.527. The van der Waals surface area contributed by atoms with Crippen LogP contribution in [0, 0.1) is 6.92 Å². The molecule has 0 bridgehead atoms. The first-order chi connectivity index (χ1) is 16.4. The second-order valence-electron chi connectivity index (χ2n) is 7.15. The van der Waals surface area contributed by atoms with Crippen molar-refractivity contribution in [1.29, 1.82) is 0 Å². The number of hydrazone groups is 1. The van der Waals surface area contributed by atoms with Gasteiger partial charge in [0.2, 0.25) is 0 Å². The zero-order chi connectivity index (χ0) is 24.5. The molecule has 9 heteroatoms. The molecular weight excluding hydrogens is 502 g/mol.